The van der Waals surface area contributed by atoms with Crippen molar-refractivity contribution in [3.63, 3.8) is 0 Å². The predicted octanol–water partition coefficient (Wildman–Crippen LogP) is 6.28. The second kappa shape index (κ2) is 10.1. The summed E-state index contributed by atoms with van der Waals surface area (Å²) in [6.45, 7) is 7.05. The van der Waals surface area contributed by atoms with Crippen LogP contribution in [0.4, 0.5) is 22.7 Å². The molecule has 0 aliphatic carbocycles. The number of rotatable bonds is 5. The molecule has 4 N–H and O–H groups in total. The van der Waals surface area contributed by atoms with Gasteiger partial charge in [-0.1, -0.05) is 25.1 Å². The Hall–Kier alpha value is -4.61. The normalized spacial score (nSPS) is 15.9. The van der Waals surface area contributed by atoms with Crippen LogP contribution in [0.1, 0.15) is 30.0 Å². The van der Waals surface area contributed by atoms with Crippen LogP contribution in [0.5, 0.6) is 5.75 Å². The van der Waals surface area contributed by atoms with Gasteiger partial charge in [0.05, 0.1) is 16.8 Å². The fraction of sp³-hybridized carbons (Fsp3) is 0.200. The molecule has 1 aliphatic heterocycles. The average Bonchev–Trinajstić information content (AvgIpc) is 3.16. The smallest absolute Gasteiger partial charge is 0.295 e. The van der Waals surface area contributed by atoms with Crippen LogP contribution in [0.25, 0.3) is 21.9 Å². The minimum atomic E-state index is -4.56. The van der Waals surface area contributed by atoms with Crippen molar-refractivity contribution in [2.24, 2.45) is 16.1 Å². The van der Waals surface area contributed by atoms with Crippen molar-refractivity contribution in [3.05, 3.63) is 71.3 Å². The zero-order valence-electron chi connectivity index (χ0n) is 22.8. The topological polar surface area (TPSA) is 163 Å². The highest BCUT2D eigenvalue weighted by atomic mass is 32.2. The minimum absolute atomic E-state index is 0.0618. The lowest BCUT2D eigenvalue weighted by Gasteiger charge is -2.18. The van der Waals surface area contributed by atoms with Crippen molar-refractivity contribution in [1.29, 1.82) is 0 Å². The molecule has 0 saturated carbocycles. The van der Waals surface area contributed by atoms with E-state index in [0.29, 0.717) is 16.9 Å². The first-order chi connectivity index (χ1) is 19.3. The molecule has 10 nitrogen and oxygen atoms in total. The molecule has 4 aromatic rings. The summed E-state index contributed by atoms with van der Waals surface area (Å²) in [5.74, 6) is -1.06. The number of carbonyl (C=O) groups excluding carboxylic acids is 2. The van der Waals surface area contributed by atoms with E-state index in [1.54, 1.807) is 26.0 Å². The predicted molar refractivity (Wildman–Crippen MR) is 156 cm³/mol. The fourth-order valence-electron chi connectivity index (χ4n) is 5.08. The summed E-state index contributed by atoms with van der Waals surface area (Å²) >= 11 is 0. The van der Waals surface area contributed by atoms with Gasteiger partial charge in [0.1, 0.15) is 10.6 Å². The second-order valence-electron chi connectivity index (χ2n) is 10.3. The fourth-order valence-corrected chi connectivity index (χ4v) is 5.85. The molecular formula is C30H28N4O6S. The summed E-state index contributed by atoms with van der Waals surface area (Å²) < 4.78 is 33.4. The Labute approximate surface area is 236 Å². The van der Waals surface area contributed by atoms with Crippen molar-refractivity contribution in [2.45, 2.75) is 39.0 Å². The van der Waals surface area contributed by atoms with Crippen molar-refractivity contribution in [2.75, 3.05) is 10.6 Å². The van der Waals surface area contributed by atoms with Crippen LogP contribution in [-0.4, -0.2) is 29.9 Å². The number of fused-ring (bicyclic) bond motifs is 1. The molecule has 11 heteroatoms. The number of nitrogens with two attached hydrogens (primary N) is 1. The lowest BCUT2D eigenvalue weighted by molar-refractivity contribution is -0.122. The number of hydrogen-bond acceptors (Lipinski definition) is 8. The molecule has 4 aromatic carbocycles. The molecule has 5 rings (SSSR count). The summed E-state index contributed by atoms with van der Waals surface area (Å²) in [6, 6.07) is 15.2. The van der Waals surface area contributed by atoms with E-state index in [-0.39, 0.29) is 56.9 Å². The number of carbonyl (C=O) groups is 2. The first-order valence-corrected chi connectivity index (χ1v) is 14.2. The molecule has 0 bridgehead atoms. The molecule has 1 saturated heterocycles. The Bertz CT molecular complexity index is 1920. The number of amides is 2. The van der Waals surface area contributed by atoms with Crippen molar-refractivity contribution in [1.82, 2.24) is 0 Å². The van der Waals surface area contributed by atoms with Gasteiger partial charge >= 0.3 is 0 Å². The quantitative estimate of drug-likeness (QED) is 0.110. The van der Waals surface area contributed by atoms with E-state index in [4.69, 9.17) is 5.73 Å². The Morgan fingerprint density at radius 2 is 1.49 bits per heavy atom. The van der Waals surface area contributed by atoms with Gasteiger partial charge in [-0.15, -0.1) is 5.11 Å². The third kappa shape index (κ3) is 4.94. The molecule has 41 heavy (non-hydrogen) atoms. The Morgan fingerprint density at radius 3 is 2.07 bits per heavy atom. The van der Waals surface area contributed by atoms with Gasteiger partial charge in [0.2, 0.25) is 11.8 Å². The van der Waals surface area contributed by atoms with E-state index in [0.717, 1.165) is 22.3 Å². The number of phenols is 1. The van der Waals surface area contributed by atoms with Crippen LogP contribution in [-0.2, 0) is 19.7 Å². The summed E-state index contributed by atoms with van der Waals surface area (Å²) in [5, 5.41) is 19.5. The molecule has 0 spiro atoms. The van der Waals surface area contributed by atoms with Gasteiger partial charge in [-0.25, -0.2) is 0 Å². The molecule has 1 fully saturated rings. The van der Waals surface area contributed by atoms with Gasteiger partial charge in [0.15, 0.2) is 5.75 Å². The van der Waals surface area contributed by atoms with Crippen molar-refractivity contribution < 1.29 is 27.7 Å². The van der Waals surface area contributed by atoms with Gasteiger partial charge in [-0.3, -0.25) is 19.0 Å². The van der Waals surface area contributed by atoms with Crippen LogP contribution < -0.4 is 10.6 Å². The number of benzene rings is 4. The number of aromatic hydroxyl groups is 1. The number of phenolic OH excluding ortho intramolecular Hbond substituents is 1. The highest BCUT2D eigenvalue weighted by Crippen LogP contribution is 2.42. The Balaban J connectivity index is 1.45. The molecule has 210 valence electrons. The van der Waals surface area contributed by atoms with Crippen LogP contribution in [0, 0.1) is 26.7 Å². The van der Waals surface area contributed by atoms with Crippen molar-refractivity contribution in [3.8, 4) is 16.9 Å². The Kier molecular flexibility index (Phi) is 6.88. The maximum Gasteiger partial charge on any atom is 0.295 e. The number of aryl methyl sites for hydroxylation is 3. The first kappa shape index (κ1) is 27.9. The number of imide groups is 1. The van der Waals surface area contributed by atoms with E-state index >= 15 is 0 Å². The zero-order valence-corrected chi connectivity index (χ0v) is 23.7. The summed E-state index contributed by atoms with van der Waals surface area (Å²) in [6.07, 6.45) is 0.213. The molecule has 2 amide bonds. The van der Waals surface area contributed by atoms with E-state index in [1.165, 1.54) is 23.1 Å². The van der Waals surface area contributed by atoms with Crippen LogP contribution >= 0.6 is 0 Å². The van der Waals surface area contributed by atoms with E-state index < -0.39 is 10.1 Å². The standard InChI is InChI=1S/C30H28N4O6S/c1-15-11-19(20-6-10-24(16(2)12-20)34-26(35)14-18(4)30(34)37)5-8-22(15)32-33-23-9-7-21-25(41(38,39)40)13-17(3)28(31)27(21)29(23)36/h5-13,18,36H,14,31H2,1-4H3,(H,38,39,40). The van der Waals surface area contributed by atoms with Crippen molar-refractivity contribution >= 4 is 55.5 Å². The third-order valence-corrected chi connectivity index (χ3v) is 8.24. The molecule has 1 heterocycles. The molecular weight excluding hydrogens is 544 g/mol. The number of nitrogens with zero attached hydrogens (tertiary/aromatic N) is 3. The van der Waals surface area contributed by atoms with E-state index in [2.05, 4.69) is 10.2 Å². The third-order valence-electron chi connectivity index (χ3n) is 7.35. The van der Waals surface area contributed by atoms with E-state index in [1.807, 2.05) is 38.1 Å². The SMILES string of the molecule is Cc1cc(-c2ccc(N3C(=O)CC(C)C3=O)c(C)c2)ccc1N=Nc1ccc2c(S(=O)(=O)O)cc(C)c(N)c2c1O. The molecule has 1 atom stereocenters. The van der Waals surface area contributed by atoms with E-state index in [9.17, 15) is 27.7 Å². The maximum absolute atomic E-state index is 12.5. The maximum atomic E-state index is 12.5. The van der Waals surface area contributed by atoms with Gasteiger partial charge < -0.3 is 10.8 Å². The van der Waals surface area contributed by atoms with Gasteiger partial charge in [-0.05, 0) is 85.0 Å². The first-order valence-electron chi connectivity index (χ1n) is 12.8. The lowest BCUT2D eigenvalue weighted by Crippen LogP contribution is -2.30. The number of nitrogen functional groups attached to an aromatic ring is 1. The van der Waals surface area contributed by atoms with Gasteiger partial charge in [0, 0.05) is 23.4 Å². The molecule has 1 unspecified atom stereocenters. The molecule has 0 radical (unpaired) electrons. The lowest BCUT2D eigenvalue weighted by atomic mass is 9.99. The van der Waals surface area contributed by atoms with Gasteiger partial charge in [0.25, 0.3) is 10.1 Å². The highest BCUT2D eigenvalue weighted by molar-refractivity contribution is 7.86. The highest BCUT2D eigenvalue weighted by Gasteiger charge is 2.37. The number of hydrogen-bond donors (Lipinski definition) is 3. The average molecular weight is 573 g/mol. The summed E-state index contributed by atoms with van der Waals surface area (Å²) in [5.41, 5.74) is 11.3. The van der Waals surface area contributed by atoms with Gasteiger partial charge in [-0.2, -0.15) is 13.5 Å². The monoisotopic (exact) mass is 572 g/mol. The number of azo groups is 1. The second-order valence-corrected chi connectivity index (χ2v) is 11.7. The van der Waals surface area contributed by atoms with Crippen LogP contribution in [0.3, 0.4) is 0 Å². The summed E-state index contributed by atoms with van der Waals surface area (Å²) in [7, 11) is -4.56. The zero-order chi connectivity index (χ0) is 29.8. The molecule has 1 aliphatic rings. The molecule has 0 aromatic heterocycles. The van der Waals surface area contributed by atoms with Crippen LogP contribution in [0.15, 0.2) is 69.7 Å². The largest absolute Gasteiger partial charge is 0.505 e. The summed E-state index contributed by atoms with van der Waals surface area (Å²) in [4.78, 5) is 25.7. The number of anilines is 2. The Morgan fingerprint density at radius 1 is 0.878 bits per heavy atom. The minimum Gasteiger partial charge on any atom is -0.505 e. The van der Waals surface area contributed by atoms with Crippen LogP contribution in [0.2, 0.25) is 0 Å².